The van der Waals surface area contributed by atoms with E-state index in [1.807, 2.05) is 6.92 Å². The lowest BCUT2D eigenvalue weighted by atomic mass is 10.1. The SMILES string of the molecule is [2H]C([2H])([2H])Nc1ncc(-c2nc3c(F)c(F)c(N4CCOCC4)cn3n2)c2cc(NC(=O)[C@H]3C[C@H]3C)nnc12. The fourth-order valence-corrected chi connectivity index (χ4v) is 4.35. The van der Waals surface area contributed by atoms with Gasteiger partial charge in [-0.05, 0) is 18.4 Å². The molecular weight excluding hydrogens is 472 g/mol. The molecule has 1 aliphatic carbocycles. The number of fused-ring (bicyclic) bond motifs is 2. The molecule has 5 heterocycles. The van der Waals surface area contributed by atoms with E-state index in [1.165, 1.54) is 18.5 Å². The Kier molecular flexibility index (Phi) is 4.58. The number of ether oxygens (including phenoxy) is 1. The molecule has 0 bridgehead atoms. The summed E-state index contributed by atoms with van der Waals surface area (Å²) in [5.74, 6) is -2.22. The Morgan fingerprint density at radius 3 is 2.81 bits per heavy atom. The summed E-state index contributed by atoms with van der Waals surface area (Å²) in [6, 6.07) is 1.50. The Hall–Kier alpha value is -4.00. The summed E-state index contributed by atoms with van der Waals surface area (Å²) < 4.78 is 59.2. The lowest BCUT2D eigenvalue weighted by molar-refractivity contribution is -0.117. The summed E-state index contributed by atoms with van der Waals surface area (Å²) in [4.78, 5) is 22.5. The fourth-order valence-electron chi connectivity index (χ4n) is 4.35. The molecule has 186 valence electrons. The van der Waals surface area contributed by atoms with Crippen molar-refractivity contribution in [1.82, 2.24) is 29.8 Å². The number of nitrogens with one attached hydrogen (secondary N) is 2. The molecule has 2 atom stereocenters. The largest absolute Gasteiger partial charge is 0.378 e. The second-order valence-corrected chi connectivity index (χ2v) is 8.89. The van der Waals surface area contributed by atoms with Crippen LogP contribution >= 0.6 is 0 Å². The number of hydrogen-bond acceptors (Lipinski definition) is 9. The zero-order chi connectivity index (χ0) is 27.5. The van der Waals surface area contributed by atoms with Crippen LogP contribution in [-0.4, -0.2) is 69.0 Å². The van der Waals surface area contributed by atoms with Crippen LogP contribution in [0, 0.1) is 23.5 Å². The zero-order valence-corrected chi connectivity index (χ0v) is 19.1. The van der Waals surface area contributed by atoms with Gasteiger partial charge in [0.15, 0.2) is 28.9 Å². The zero-order valence-electron chi connectivity index (χ0n) is 22.1. The Labute approximate surface area is 208 Å². The molecule has 1 amide bonds. The molecule has 0 spiro atoms. The maximum absolute atomic E-state index is 15.1. The summed E-state index contributed by atoms with van der Waals surface area (Å²) in [7, 11) is 0. The molecule has 0 unspecified atom stereocenters. The van der Waals surface area contributed by atoms with Gasteiger partial charge in [-0.2, -0.15) is 4.39 Å². The highest BCUT2D eigenvalue weighted by atomic mass is 19.2. The summed E-state index contributed by atoms with van der Waals surface area (Å²) in [5.41, 5.74) is 0.0179. The highest BCUT2D eigenvalue weighted by Gasteiger charge is 2.39. The van der Waals surface area contributed by atoms with Crippen LogP contribution in [0.25, 0.3) is 27.9 Å². The predicted molar refractivity (Wildman–Crippen MR) is 128 cm³/mol. The van der Waals surface area contributed by atoms with E-state index in [2.05, 4.69) is 35.9 Å². The van der Waals surface area contributed by atoms with Crippen LogP contribution < -0.4 is 15.5 Å². The summed E-state index contributed by atoms with van der Waals surface area (Å²) in [6.45, 7) is 0.945. The number of aromatic nitrogens is 6. The standard InChI is InChI=1S/C23H23F2N9O2/c1-11-7-12(11)23(35)28-16-8-13-14(9-27-21(26-2)19(13)31-30-16)20-29-22-18(25)17(24)15(10-34(22)32-20)33-3-5-36-6-4-33/h8-12H,3-7H2,1-2H3,(H,26,27)(H,28,30,35)/t11-,12+/m1/s1/i2D3. The van der Waals surface area contributed by atoms with Crippen molar-refractivity contribution >= 4 is 39.8 Å². The van der Waals surface area contributed by atoms with E-state index >= 15 is 4.39 Å². The minimum absolute atomic E-state index is 0.00791. The molecule has 36 heavy (non-hydrogen) atoms. The van der Waals surface area contributed by atoms with Crippen LogP contribution in [0.2, 0.25) is 0 Å². The number of carbonyl (C=O) groups is 1. The molecule has 6 rings (SSSR count). The van der Waals surface area contributed by atoms with Gasteiger partial charge >= 0.3 is 0 Å². The van der Waals surface area contributed by atoms with Crippen LogP contribution in [0.1, 0.15) is 17.5 Å². The van der Waals surface area contributed by atoms with Crippen LogP contribution in [0.4, 0.5) is 26.1 Å². The lowest BCUT2D eigenvalue weighted by Gasteiger charge is -2.28. The fraction of sp³-hybridized carbons (Fsp3) is 0.391. The number of carbonyl (C=O) groups excluding carboxylic acids is 1. The molecule has 4 aromatic rings. The third kappa shape index (κ3) is 3.75. The average molecular weight is 499 g/mol. The number of hydrogen-bond donors (Lipinski definition) is 2. The van der Waals surface area contributed by atoms with Crippen molar-refractivity contribution in [3.63, 3.8) is 0 Å². The molecule has 4 aromatic heterocycles. The van der Waals surface area contributed by atoms with Crippen LogP contribution in [0.15, 0.2) is 18.5 Å². The monoisotopic (exact) mass is 498 g/mol. The van der Waals surface area contributed by atoms with E-state index in [9.17, 15) is 9.18 Å². The molecule has 2 fully saturated rings. The molecule has 1 saturated carbocycles. The molecule has 0 radical (unpaired) electrons. The first-order chi connectivity index (χ1) is 18.6. The van der Waals surface area contributed by atoms with Crippen LogP contribution in [0.3, 0.4) is 0 Å². The van der Waals surface area contributed by atoms with Gasteiger partial charge in [0.2, 0.25) is 11.7 Å². The molecule has 2 aliphatic rings. The first kappa shape index (κ1) is 19.2. The third-order valence-electron chi connectivity index (χ3n) is 6.53. The smallest absolute Gasteiger partial charge is 0.228 e. The Balaban J connectivity index is 1.46. The minimum atomic E-state index is -2.57. The topological polar surface area (TPSA) is 122 Å². The second kappa shape index (κ2) is 8.59. The van der Waals surface area contributed by atoms with Crippen LogP contribution in [-0.2, 0) is 9.53 Å². The van der Waals surface area contributed by atoms with Gasteiger partial charge < -0.3 is 20.3 Å². The summed E-state index contributed by atoms with van der Waals surface area (Å²) in [6.07, 6.45) is 3.44. The number of morpholine rings is 1. The van der Waals surface area contributed by atoms with Gasteiger partial charge in [-0.15, -0.1) is 15.3 Å². The normalized spacial score (nSPS) is 21.2. The summed E-state index contributed by atoms with van der Waals surface area (Å²) in [5, 5.41) is 17.8. The van der Waals surface area contributed by atoms with Gasteiger partial charge in [-0.25, -0.2) is 18.9 Å². The van der Waals surface area contributed by atoms with Gasteiger partial charge in [-0.1, -0.05) is 6.92 Å². The Bertz CT molecular complexity index is 1610. The molecule has 1 aliphatic heterocycles. The van der Waals surface area contributed by atoms with E-state index in [0.717, 1.165) is 10.9 Å². The van der Waals surface area contributed by atoms with Gasteiger partial charge in [0.25, 0.3) is 0 Å². The quantitative estimate of drug-likeness (QED) is 0.427. The van der Waals surface area contributed by atoms with Crippen molar-refractivity contribution in [2.24, 2.45) is 11.8 Å². The predicted octanol–water partition coefficient (Wildman–Crippen LogP) is 2.49. The molecular formula is C23H23F2N9O2. The third-order valence-corrected chi connectivity index (χ3v) is 6.53. The second-order valence-electron chi connectivity index (χ2n) is 8.89. The van der Waals surface area contributed by atoms with Gasteiger partial charge in [0.1, 0.15) is 5.52 Å². The minimum Gasteiger partial charge on any atom is -0.378 e. The molecule has 1 saturated heterocycles. The molecule has 11 nitrogen and oxygen atoms in total. The highest BCUT2D eigenvalue weighted by Crippen LogP contribution is 2.38. The van der Waals surface area contributed by atoms with E-state index in [0.29, 0.717) is 31.7 Å². The molecule has 2 N–H and O–H groups in total. The van der Waals surface area contributed by atoms with Crippen molar-refractivity contribution in [2.45, 2.75) is 13.3 Å². The highest BCUT2D eigenvalue weighted by molar-refractivity contribution is 6.01. The van der Waals surface area contributed by atoms with Crippen molar-refractivity contribution in [3.05, 3.63) is 30.1 Å². The number of anilines is 3. The van der Waals surface area contributed by atoms with Crippen molar-refractivity contribution in [3.8, 4) is 11.4 Å². The number of rotatable bonds is 5. The molecule has 13 heteroatoms. The van der Waals surface area contributed by atoms with Gasteiger partial charge in [0.05, 0.1) is 25.1 Å². The lowest BCUT2D eigenvalue weighted by Crippen LogP contribution is -2.37. The molecule has 0 aromatic carbocycles. The number of pyridine rings is 2. The average Bonchev–Trinajstić information content (AvgIpc) is 3.48. The van der Waals surface area contributed by atoms with E-state index in [-0.39, 0.29) is 57.6 Å². The van der Waals surface area contributed by atoms with E-state index < -0.39 is 18.6 Å². The summed E-state index contributed by atoms with van der Waals surface area (Å²) >= 11 is 0. The van der Waals surface area contributed by atoms with Crippen molar-refractivity contribution < 1.29 is 22.4 Å². The van der Waals surface area contributed by atoms with E-state index in [1.54, 1.807) is 4.90 Å². The maximum Gasteiger partial charge on any atom is 0.228 e. The Morgan fingerprint density at radius 2 is 2.06 bits per heavy atom. The number of amides is 1. The van der Waals surface area contributed by atoms with Gasteiger partial charge in [-0.3, -0.25) is 4.79 Å². The maximum atomic E-state index is 15.1. The first-order valence-corrected chi connectivity index (χ1v) is 11.4. The number of halogens is 2. The van der Waals surface area contributed by atoms with E-state index in [4.69, 9.17) is 8.85 Å². The first-order valence-electron chi connectivity index (χ1n) is 12.9. The Morgan fingerprint density at radius 1 is 1.25 bits per heavy atom. The van der Waals surface area contributed by atoms with Crippen LogP contribution in [0.5, 0.6) is 0 Å². The van der Waals surface area contributed by atoms with Crippen molar-refractivity contribution in [2.75, 3.05) is 48.8 Å². The number of nitrogens with zero attached hydrogens (tertiary/aromatic N) is 7. The van der Waals surface area contributed by atoms with Gasteiger partial charge in [0, 0.05) is 47.2 Å². The van der Waals surface area contributed by atoms with Crippen molar-refractivity contribution in [1.29, 1.82) is 0 Å².